The Morgan fingerprint density at radius 3 is 2.67 bits per heavy atom. The van der Waals surface area contributed by atoms with Gasteiger partial charge in [0.1, 0.15) is 5.75 Å². The molecule has 0 bridgehead atoms. The summed E-state index contributed by atoms with van der Waals surface area (Å²) in [6.07, 6.45) is 0.749. The molecule has 4 nitrogen and oxygen atoms in total. The van der Waals surface area contributed by atoms with Crippen LogP contribution in [0.25, 0.3) is 0 Å². The molecule has 0 fully saturated rings. The maximum atomic E-state index is 12.1. The van der Waals surface area contributed by atoms with Gasteiger partial charge in [0.25, 0.3) is 5.91 Å². The fraction of sp³-hybridized carbons (Fsp3) is 0.235. The van der Waals surface area contributed by atoms with Crippen LogP contribution in [0.1, 0.15) is 27.0 Å². The van der Waals surface area contributed by atoms with Gasteiger partial charge in [-0.2, -0.15) is 0 Å². The van der Waals surface area contributed by atoms with Gasteiger partial charge in [0, 0.05) is 25.2 Å². The van der Waals surface area contributed by atoms with E-state index in [-0.39, 0.29) is 11.7 Å². The van der Waals surface area contributed by atoms with E-state index in [9.17, 15) is 9.90 Å². The number of hydrogen-bond acceptors (Lipinski definition) is 3. The number of carbonyl (C=O) groups is 1. The van der Waals surface area contributed by atoms with E-state index >= 15 is 0 Å². The van der Waals surface area contributed by atoms with Crippen molar-refractivity contribution in [2.24, 2.45) is 0 Å². The van der Waals surface area contributed by atoms with Crippen LogP contribution in [0.15, 0.2) is 42.5 Å². The summed E-state index contributed by atoms with van der Waals surface area (Å²) >= 11 is 0. The number of hydrogen-bond donors (Lipinski definition) is 3. The van der Waals surface area contributed by atoms with Crippen LogP contribution in [-0.2, 0) is 19.5 Å². The SMILES string of the molecule is O=C(NCCc1ccc(O)cc1)c1ccc2c(c1)CNC2. The maximum absolute atomic E-state index is 12.1. The molecular weight excluding hydrogens is 264 g/mol. The van der Waals surface area contributed by atoms with Crippen molar-refractivity contribution in [2.75, 3.05) is 6.54 Å². The van der Waals surface area contributed by atoms with Gasteiger partial charge in [-0.05, 0) is 47.4 Å². The smallest absolute Gasteiger partial charge is 0.251 e. The highest BCUT2D eigenvalue weighted by Gasteiger charge is 2.13. The number of fused-ring (bicyclic) bond motifs is 1. The van der Waals surface area contributed by atoms with Crippen LogP contribution < -0.4 is 10.6 Å². The normalized spacial score (nSPS) is 13.0. The summed E-state index contributed by atoms with van der Waals surface area (Å²) < 4.78 is 0. The van der Waals surface area contributed by atoms with Crippen LogP contribution in [0.4, 0.5) is 0 Å². The molecular formula is C17H18N2O2. The molecule has 1 heterocycles. The van der Waals surface area contributed by atoms with Crippen LogP contribution >= 0.6 is 0 Å². The van der Waals surface area contributed by atoms with E-state index in [0.717, 1.165) is 25.1 Å². The Hall–Kier alpha value is -2.33. The van der Waals surface area contributed by atoms with Crippen molar-refractivity contribution < 1.29 is 9.90 Å². The lowest BCUT2D eigenvalue weighted by Gasteiger charge is -2.07. The molecule has 2 aromatic carbocycles. The molecule has 0 saturated carbocycles. The number of amides is 1. The quantitative estimate of drug-likeness (QED) is 0.803. The van der Waals surface area contributed by atoms with Gasteiger partial charge in [0.2, 0.25) is 0 Å². The topological polar surface area (TPSA) is 61.4 Å². The van der Waals surface area contributed by atoms with Crippen LogP contribution in [0.3, 0.4) is 0 Å². The molecule has 0 aliphatic carbocycles. The summed E-state index contributed by atoms with van der Waals surface area (Å²) in [5, 5.41) is 15.4. The Morgan fingerprint density at radius 1 is 1.10 bits per heavy atom. The van der Waals surface area contributed by atoms with Crippen molar-refractivity contribution in [3.05, 3.63) is 64.7 Å². The molecule has 4 heteroatoms. The van der Waals surface area contributed by atoms with Gasteiger partial charge in [-0.3, -0.25) is 4.79 Å². The van der Waals surface area contributed by atoms with E-state index in [1.165, 1.54) is 11.1 Å². The summed E-state index contributed by atoms with van der Waals surface area (Å²) in [5.41, 5.74) is 4.28. The molecule has 21 heavy (non-hydrogen) atoms. The minimum atomic E-state index is -0.0384. The second-order valence-corrected chi connectivity index (χ2v) is 5.26. The maximum Gasteiger partial charge on any atom is 0.251 e. The van der Waals surface area contributed by atoms with Gasteiger partial charge in [-0.25, -0.2) is 0 Å². The number of phenolic OH excluding ortho intramolecular Hbond substituents is 1. The third-order valence-electron chi connectivity index (χ3n) is 3.73. The molecule has 1 aliphatic heterocycles. The average Bonchev–Trinajstić information content (AvgIpc) is 2.96. The Bertz CT molecular complexity index is 650. The van der Waals surface area contributed by atoms with Gasteiger partial charge in [-0.15, -0.1) is 0 Å². The van der Waals surface area contributed by atoms with Gasteiger partial charge in [0.05, 0.1) is 0 Å². The van der Waals surface area contributed by atoms with Crippen molar-refractivity contribution in [1.82, 2.24) is 10.6 Å². The zero-order valence-electron chi connectivity index (χ0n) is 11.7. The second-order valence-electron chi connectivity index (χ2n) is 5.26. The molecule has 0 atom stereocenters. The predicted molar refractivity (Wildman–Crippen MR) is 81.1 cm³/mol. The number of phenols is 1. The fourth-order valence-electron chi connectivity index (χ4n) is 2.52. The first-order chi connectivity index (χ1) is 10.2. The summed E-state index contributed by atoms with van der Waals surface area (Å²) in [5.74, 6) is 0.220. The van der Waals surface area contributed by atoms with Crippen molar-refractivity contribution >= 4 is 5.91 Å². The van der Waals surface area contributed by atoms with E-state index in [1.54, 1.807) is 12.1 Å². The first-order valence-corrected chi connectivity index (χ1v) is 7.11. The highest BCUT2D eigenvalue weighted by molar-refractivity contribution is 5.94. The fourth-order valence-corrected chi connectivity index (χ4v) is 2.52. The highest BCUT2D eigenvalue weighted by atomic mass is 16.3. The molecule has 3 N–H and O–H groups in total. The Balaban J connectivity index is 1.55. The van der Waals surface area contributed by atoms with E-state index in [4.69, 9.17) is 0 Å². The second kappa shape index (κ2) is 5.97. The minimum Gasteiger partial charge on any atom is -0.508 e. The molecule has 0 aromatic heterocycles. The minimum absolute atomic E-state index is 0.0384. The number of rotatable bonds is 4. The van der Waals surface area contributed by atoms with Crippen molar-refractivity contribution in [3.8, 4) is 5.75 Å². The van der Waals surface area contributed by atoms with Crippen molar-refractivity contribution in [2.45, 2.75) is 19.5 Å². The first kappa shape index (κ1) is 13.6. The third kappa shape index (κ3) is 3.23. The molecule has 3 rings (SSSR count). The molecule has 0 spiro atoms. The van der Waals surface area contributed by atoms with E-state index < -0.39 is 0 Å². The Morgan fingerprint density at radius 2 is 1.86 bits per heavy atom. The van der Waals surface area contributed by atoms with Gasteiger partial charge < -0.3 is 15.7 Å². The number of nitrogens with one attached hydrogen (secondary N) is 2. The third-order valence-corrected chi connectivity index (χ3v) is 3.73. The zero-order valence-corrected chi connectivity index (χ0v) is 11.7. The lowest BCUT2D eigenvalue weighted by molar-refractivity contribution is 0.0954. The van der Waals surface area contributed by atoms with Crippen molar-refractivity contribution in [3.63, 3.8) is 0 Å². The van der Waals surface area contributed by atoms with Crippen LogP contribution in [0, 0.1) is 0 Å². The monoisotopic (exact) mass is 282 g/mol. The molecule has 0 radical (unpaired) electrons. The van der Waals surface area contributed by atoms with E-state index in [0.29, 0.717) is 12.1 Å². The van der Waals surface area contributed by atoms with Gasteiger partial charge in [0.15, 0.2) is 0 Å². The van der Waals surface area contributed by atoms with Gasteiger partial charge in [-0.1, -0.05) is 18.2 Å². The average molecular weight is 282 g/mol. The number of carbonyl (C=O) groups excluding carboxylic acids is 1. The molecule has 2 aromatic rings. The summed E-state index contributed by atoms with van der Waals surface area (Å²) in [6, 6.07) is 12.9. The standard InChI is InChI=1S/C17H18N2O2/c20-16-5-1-12(2-6-16)7-8-19-17(21)13-3-4-14-10-18-11-15(14)9-13/h1-6,9,18,20H,7-8,10-11H2,(H,19,21). The van der Waals surface area contributed by atoms with Crippen LogP contribution in [0.5, 0.6) is 5.75 Å². The first-order valence-electron chi connectivity index (χ1n) is 7.11. The molecule has 1 amide bonds. The molecule has 0 saturated heterocycles. The summed E-state index contributed by atoms with van der Waals surface area (Å²) in [6.45, 7) is 2.31. The van der Waals surface area contributed by atoms with E-state index in [2.05, 4.69) is 10.6 Å². The Labute approximate surface area is 123 Å². The largest absolute Gasteiger partial charge is 0.508 e. The number of aromatic hydroxyl groups is 1. The summed E-state index contributed by atoms with van der Waals surface area (Å²) in [4.78, 5) is 12.1. The predicted octanol–water partition coefficient (Wildman–Crippen LogP) is 1.97. The molecule has 1 aliphatic rings. The lowest BCUT2D eigenvalue weighted by Crippen LogP contribution is -2.25. The number of benzene rings is 2. The van der Waals surface area contributed by atoms with E-state index in [1.807, 2.05) is 30.3 Å². The zero-order chi connectivity index (χ0) is 14.7. The Kier molecular flexibility index (Phi) is 3.88. The summed E-state index contributed by atoms with van der Waals surface area (Å²) in [7, 11) is 0. The molecule has 0 unspecified atom stereocenters. The van der Waals surface area contributed by atoms with Gasteiger partial charge >= 0.3 is 0 Å². The molecule has 108 valence electrons. The van der Waals surface area contributed by atoms with Crippen LogP contribution in [0.2, 0.25) is 0 Å². The van der Waals surface area contributed by atoms with Crippen LogP contribution in [-0.4, -0.2) is 17.6 Å². The lowest BCUT2D eigenvalue weighted by atomic mass is 10.1. The highest BCUT2D eigenvalue weighted by Crippen LogP contribution is 2.17. The van der Waals surface area contributed by atoms with Crippen molar-refractivity contribution in [1.29, 1.82) is 0 Å².